The maximum atomic E-state index is 5.71. The normalized spacial score (nSPS) is 10.8. The Morgan fingerprint density at radius 1 is 1.50 bits per heavy atom. The van der Waals surface area contributed by atoms with Crippen LogP contribution in [0.4, 0.5) is 0 Å². The van der Waals surface area contributed by atoms with Crippen LogP contribution < -0.4 is 5.73 Å². The van der Waals surface area contributed by atoms with E-state index in [1.165, 1.54) is 21.6 Å². The molecular weight excluding hydrogens is 192 g/mol. The topological polar surface area (TPSA) is 30.9 Å². The first-order valence-corrected chi connectivity index (χ1v) is 5.49. The summed E-state index contributed by atoms with van der Waals surface area (Å²) in [4.78, 5) is 1.34. The van der Waals surface area contributed by atoms with Crippen molar-refractivity contribution in [2.45, 2.75) is 13.5 Å². The van der Waals surface area contributed by atoms with Crippen molar-refractivity contribution in [2.24, 2.45) is 12.8 Å². The van der Waals surface area contributed by atoms with E-state index in [9.17, 15) is 0 Å². The molecule has 0 bridgehead atoms. The molecule has 0 radical (unpaired) electrons. The van der Waals surface area contributed by atoms with Crippen molar-refractivity contribution < 1.29 is 0 Å². The quantitative estimate of drug-likeness (QED) is 0.804. The average molecular weight is 206 g/mol. The van der Waals surface area contributed by atoms with Crippen molar-refractivity contribution in [1.29, 1.82) is 0 Å². The second-order valence-electron chi connectivity index (χ2n) is 3.46. The molecule has 14 heavy (non-hydrogen) atoms. The molecule has 0 aromatic carbocycles. The van der Waals surface area contributed by atoms with Gasteiger partial charge in [-0.2, -0.15) is 0 Å². The van der Waals surface area contributed by atoms with Gasteiger partial charge in [0.15, 0.2) is 0 Å². The second kappa shape index (κ2) is 3.59. The smallest absolute Gasteiger partial charge is 0.0192 e. The zero-order valence-corrected chi connectivity index (χ0v) is 9.27. The van der Waals surface area contributed by atoms with Crippen molar-refractivity contribution in [2.75, 3.05) is 0 Å². The minimum atomic E-state index is 0.620. The molecule has 0 amide bonds. The van der Waals surface area contributed by atoms with Crippen LogP contribution in [0.5, 0.6) is 0 Å². The molecular formula is C11H14N2S. The van der Waals surface area contributed by atoms with Crippen molar-refractivity contribution in [3.05, 3.63) is 34.3 Å². The van der Waals surface area contributed by atoms with Crippen molar-refractivity contribution in [3.63, 3.8) is 0 Å². The highest BCUT2D eigenvalue weighted by Gasteiger charge is 2.09. The number of hydrogen-bond donors (Lipinski definition) is 1. The summed E-state index contributed by atoms with van der Waals surface area (Å²) in [5.41, 5.74) is 9.54. The molecule has 2 nitrogen and oxygen atoms in total. The molecule has 0 spiro atoms. The van der Waals surface area contributed by atoms with E-state index in [0.717, 1.165) is 0 Å². The number of hydrogen-bond acceptors (Lipinski definition) is 2. The number of nitrogens with zero attached hydrogens (tertiary/aromatic N) is 1. The fourth-order valence-corrected chi connectivity index (χ4v) is 2.59. The maximum Gasteiger partial charge on any atom is 0.0192 e. The highest BCUT2D eigenvalue weighted by atomic mass is 32.1. The van der Waals surface area contributed by atoms with Crippen LogP contribution in [-0.2, 0) is 13.6 Å². The molecule has 0 aliphatic rings. The third-order valence-corrected chi connectivity index (χ3v) is 3.35. The predicted molar refractivity (Wildman–Crippen MR) is 61.4 cm³/mol. The van der Waals surface area contributed by atoms with Gasteiger partial charge in [0.2, 0.25) is 0 Å². The van der Waals surface area contributed by atoms with Crippen LogP contribution in [0.1, 0.15) is 10.4 Å². The van der Waals surface area contributed by atoms with E-state index >= 15 is 0 Å². The van der Waals surface area contributed by atoms with Gasteiger partial charge in [0, 0.05) is 42.0 Å². The third-order valence-electron chi connectivity index (χ3n) is 2.39. The average Bonchev–Trinajstić information content (AvgIpc) is 2.71. The zero-order chi connectivity index (χ0) is 10.1. The van der Waals surface area contributed by atoms with Crippen LogP contribution in [0.25, 0.3) is 11.1 Å². The highest BCUT2D eigenvalue weighted by molar-refractivity contribution is 7.10. The van der Waals surface area contributed by atoms with E-state index < -0.39 is 0 Å². The van der Waals surface area contributed by atoms with E-state index in [-0.39, 0.29) is 0 Å². The molecule has 0 fully saturated rings. The van der Waals surface area contributed by atoms with Gasteiger partial charge in [0.25, 0.3) is 0 Å². The molecule has 2 aromatic rings. The standard InChI is InChI=1S/C11H14N2S/c1-8-11(10(5-12)7-14-8)9-3-4-13(2)6-9/h3-4,6-7H,5,12H2,1-2H3. The summed E-state index contributed by atoms with van der Waals surface area (Å²) in [5.74, 6) is 0. The molecule has 2 aromatic heterocycles. The van der Waals surface area contributed by atoms with E-state index in [1.54, 1.807) is 11.3 Å². The number of aromatic nitrogens is 1. The summed E-state index contributed by atoms with van der Waals surface area (Å²) in [7, 11) is 2.04. The molecule has 2 N–H and O–H groups in total. The maximum absolute atomic E-state index is 5.71. The molecule has 2 heterocycles. The molecule has 2 rings (SSSR count). The third kappa shape index (κ3) is 1.49. The monoisotopic (exact) mass is 206 g/mol. The summed E-state index contributed by atoms with van der Waals surface area (Å²) in [5, 5.41) is 2.15. The largest absolute Gasteiger partial charge is 0.357 e. The lowest BCUT2D eigenvalue weighted by Crippen LogP contribution is -1.96. The molecule has 0 unspecified atom stereocenters. The molecule has 0 aliphatic heterocycles. The van der Waals surface area contributed by atoms with Crippen LogP contribution >= 0.6 is 11.3 Å². The van der Waals surface area contributed by atoms with Gasteiger partial charge in [-0.1, -0.05) is 0 Å². The summed E-state index contributed by atoms with van der Waals surface area (Å²) >= 11 is 1.77. The zero-order valence-electron chi connectivity index (χ0n) is 8.45. The lowest BCUT2D eigenvalue weighted by atomic mass is 10.1. The van der Waals surface area contributed by atoms with Crippen LogP contribution in [-0.4, -0.2) is 4.57 Å². The van der Waals surface area contributed by atoms with Crippen molar-refractivity contribution >= 4 is 11.3 Å². The van der Waals surface area contributed by atoms with Crippen LogP contribution in [0.2, 0.25) is 0 Å². The summed E-state index contributed by atoms with van der Waals surface area (Å²) < 4.78 is 2.06. The van der Waals surface area contributed by atoms with Crippen molar-refractivity contribution in [3.8, 4) is 11.1 Å². The Hall–Kier alpha value is -1.06. The van der Waals surface area contributed by atoms with Gasteiger partial charge in [-0.25, -0.2) is 0 Å². The van der Waals surface area contributed by atoms with Gasteiger partial charge in [0.1, 0.15) is 0 Å². The summed E-state index contributed by atoms with van der Waals surface area (Å²) in [6.45, 7) is 2.76. The fraction of sp³-hybridized carbons (Fsp3) is 0.273. The van der Waals surface area contributed by atoms with E-state index in [2.05, 4.69) is 35.3 Å². The van der Waals surface area contributed by atoms with E-state index in [4.69, 9.17) is 5.73 Å². The van der Waals surface area contributed by atoms with E-state index in [1.807, 2.05) is 7.05 Å². The number of rotatable bonds is 2. The van der Waals surface area contributed by atoms with Crippen LogP contribution in [0, 0.1) is 6.92 Å². The lowest BCUT2D eigenvalue weighted by Gasteiger charge is -2.00. The van der Waals surface area contributed by atoms with Gasteiger partial charge in [-0.15, -0.1) is 11.3 Å². The van der Waals surface area contributed by atoms with Gasteiger partial charge in [-0.3, -0.25) is 0 Å². The molecule has 0 aliphatic carbocycles. The Morgan fingerprint density at radius 2 is 2.29 bits per heavy atom. The summed E-state index contributed by atoms with van der Waals surface area (Å²) in [6, 6.07) is 2.13. The molecule has 0 saturated carbocycles. The Kier molecular flexibility index (Phi) is 2.44. The Bertz CT molecular complexity index is 440. The first-order chi connectivity index (χ1) is 6.72. The lowest BCUT2D eigenvalue weighted by molar-refractivity contribution is 0.928. The predicted octanol–water partition coefficient (Wildman–Crippen LogP) is 2.52. The first kappa shape index (κ1) is 9.49. The van der Waals surface area contributed by atoms with Gasteiger partial charge in [-0.05, 0) is 23.9 Å². The van der Waals surface area contributed by atoms with Gasteiger partial charge >= 0.3 is 0 Å². The number of aryl methyl sites for hydroxylation is 2. The van der Waals surface area contributed by atoms with E-state index in [0.29, 0.717) is 6.54 Å². The number of nitrogens with two attached hydrogens (primary N) is 1. The molecule has 0 atom stereocenters. The Morgan fingerprint density at radius 3 is 2.86 bits per heavy atom. The molecule has 74 valence electrons. The van der Waals surface area contributed by atoms with Crippen molar-refractivity contribution in [1.82, 2.24) is 4.57 Å². The van der Waals surface area contributed by atoms with Gasteiger partial charge < -0.3 is 10.3 Å². The highest BCUT2D eigenvalue weighted by Crippen LogP contribution is 2.32. The van der Waals surface area contributed by atoms with Crippen LogP contribution in [0.3, 0.4) is 0 Å². The second-order valence-corrected chi connectivity index (χ2v) is 4.55. The fourth-order valence-electron chi connectivity index (χ4n) is 1.69. The molecule has 0 saturated heterocycles. The Labute approximate surface area is 88.0 Å². The number of thiophene rings is 1. The first-order valence-electron chi connectivity index (χ1n) is 4.61. The minimum absolute atomic E-state index is 0.620. The molecule has 3 heteroatoms. The summed E-state index contributed by atoms with van der Waals surface area (Å²) in [6.07, 6.45) is 4.20. The SMILES string of the molecule is Cc1scc(CN)c1-c1ccn(C)c1. The minimum Gasteiger partial charge on any atom is -0.357 e. The Balaban J connectivity index is 2.54. The van der Waals surface area contributed by atoms with Crippen LogP contribution in [0.15, 0.2) is 23.8 Å². The van der Waals surface area contributed by atoms with Gasteiger partial charge in [0.05, 0.1) is 0 Å².